The Morgan fingerprint density at radius 2 is 2.14 bits per heavy atom. The van der Waals surface area contributed by atoms with E-state index in [1.54, 1.807) is 25.1 Å². The number of nitrogens with one attached hydrogen (secondary N) is 1. The van der Waals surface area contributed by atoms with Gasteiger partial charge < -0.3 is 15.2 Å². The summed E-state index contributed by atoms with van der Waals surface area (Å²) in [6.07, 6.45) is 1.29. The highest BCUT2D eigenvalue weighted by Gasteiger charge is 2.22. The van der Waals surface area contributed by atoms with Crippen molar-refractivity contribution in [2.75, 3.05) is 12.9 Å². The molecule has 0 fully saturated rings. The van der Waals surface area contributed by atoms with Gasteiger partial charge in [-0.2, -0.15) is 11.8 Å². The van der Waals surface area contributed by atoms with E-state index in [1.807, 2.05) is 20.1 Å². The summed E-state index contributed by atoms with van der Waals surface area (Å²) < 4.78 is 5.67. The molecular weight excluding hydrogens is 310 g/mol. The minimum Gasteiger partial charge on any atom is -0.481 e. The molecule has 0 heterocycles. The number of thioether (sulfide) groups is 1. The van der Waals surface area contributed by atoms with Gasteiger partial charge in [0.1, 0.15) is 5.75 Å². The normalized spacial score (nSPS) is 15.1. The third-order valence-electron chi connectivity index (χ3n) is 3.22. The Bertz CT molecular complexity index is 480. The standard InChI is InChI=1S/C15H22ClNO3S/c1-9-7-12(16)5-6-13(9)20-11(3)15(19)17-10(2)14(8-18)21-4/h5-7,10-11,14,18H,8H2,1-4H3,(H,17,19). The van der Waals surface area contributed by atoms with E-state index >= 15 is 0 Å². The molecule has 0 aliphatic carbocycles. The summed E-state index contributed by atoms with van der Waals surface area (Å²) in [5.74, 6) is 0.433. The lowest BCUT2D eigenvalue weighted by Crippen LogP contribution is -2.46. The number of aryl methyl sites for hydroxylation is 1. The van der Waals surface area contributed by atoms with E-state index in [4.69, 9.17) is 16.3 Å². The maximum absolute atomic E-state index is 12.1. The second-order valence-corrected chi connectivity index (χ2v) is 6.44. The van der Waals surface area contributed by atoms with Gasteiger partial charge in [0, 0.05) is 16.3 Å². The van der Waals surface area contributed by atoms with E-state index in [2.05, 4.69) is 5.32 Å². The predicted molar refractivity (Wildman–Crippen MR) is 88.3 cm³/mol. The van der Waals surface area contributed by atoms with E-state index in [9.17, 15) is 9.90 Å². The van der Waals surface area contributed by atoms with Crippen LogP contribution in [0.5, 0.6) is 5.75 Å². The van der Waals surface area contributed by atoms with Crippen LogP contribution in [0.3, 0.4) is 0 Å². The number of benzene rings is 1. The van der Waals surface area contributed by atoms with Crippen molar-refractivity contribution in [3.05, 3.63) is 28.8 Å². The number of ether oxygens (including phenoxy) is 1. The van der Waals surface area contributed by atoms with Gasteiger partial charge in [-0.1, -0.05) is 11.6 Å². The molecule has 0 radical (unpaired) electrons. The molecule has 0 spiro atoms. The molecule has 3 unspecified atom stereocenters. The van der Waals surface area contributed by atoms with Crippen molar-refractivity contribution in [3.63, 3.8) is 0 Å². The molecule has 0 aliphatic rings. The number of aliphatic hydroxyl groups is 1. The molecular formula is C15H22ClNO3S. The van der Waals surface area contributed by atoms with E-state index in [-0.39, 0.29) is 23.8 Å². The lowest BCUT2D eigenvalue weighted by Gasteiger charge is -2.23. The molecule has 1 aromatic carbocycles. The molecule has 1 amide bonds. The molecule has 3 atom stereocenters. The van der Waals surface area contributed by atoms with Crippen molar-refractivity contribution in [1.29, 1.82) is 0 Å². The smallest absolute Gasteiger partial charge is 0.261 e. The van der Waals surface area contributed by atoms with E-state index < -0.39 is 6.10 Å². The fourth-order valence-electron chi connectivity index (χ4n) is 1.86. The number of hydrogen-bond donors (Lipinski definition) is 2. The Balaban J connectivity index is 2.62. The Hall–Kier alpha value is -0.910. The van der Waals surface area contributed by atoms with Gasteiger partial charge in [-0.15, -0.1) is 0 Å². The van der Waals surface area contributed by atoms with Crippen LogP contribution in [-0.4, -0.2) is 41.3 Å². The summed E-state index contributed by atoms with van der Waals surface area (Å²) in [7, 11) is 0. The first-order valence-electron chi connectivity index (χ1n) is 6.75. The quantitative estimate of drug-likeness (QED) is 0.806. The van der Waals surface area contributed by atoms with Gasteiger partial charge in [-0.05, 0) is 50.8 Å². The fourth-order valence-corrected chi connectivity index (χ4v) is 2.71. The topological polar surface area (TPSA) is 58.6 Å². The molecule has 4 nitrogen and oxygen atoms in total. The third kappa shape index (κ3) is 5.41. The second kappa shape index (κ2) is 8.51. The van der Waals surface area contributed by atoms with Crippen molar-refractivity contribution in [2.45, 2.75) is 38.2 Å². The van der Waals surface area contributed by atoms with Crippen LogP contribution < -0.4 is 10.1 Å². The predicted octanol–water partition coefficient (Wildman–Crippen LogP) is 2.64. The molecule has 0 bridgehead atoms. The minimum absolute atomic E-state index is 0.0220. The van der Waals surface area contributed by atoms with Crippen LogP contribution in [0.15, 0.2) is 18.2 Å². The van der Waals surface area contributed by atoms with Crippen LogP contribution in [0.2, 0.25) is 5.02 Å². The maximum Gasteiger partial charge on any atom is 0.261 e. The average molecular weight is 332 g/mol. The minimum atomic E-state index is -0.617. The molecule has 2 N–H and O–H groups in total. The molecule has 0 aromatic heterocycles. The molecule has 0 saturated carbocycles. The van der Waals surface area contributed by atoms with Gasteiger partial charge in [0.25, 0.3) is 5.91 Å². The summed E-state index contributed by atoms with van der Waals surface area (Å²) in [6, 6.07) is 5.14. The number of halogens is 1. The molecule has 1 aromatic rings. The Morgan fingerprint density at radius 1 is 1.48 bits per heavy atom. The largest absolute Gasteiger partial charge is 0.481 e. The van der Waals surface area contributed by atoms with Gasteiger partial charge in [-0.25, -0.2) is 0 Å². The number of carbonyl (C=O) groups is 1. The van der Waals surface area contributed by atoms with Crippen LogP contribution in [0.25, 0.3) is 0 Å². The highest BCUT2D eigenvalue weighted by atomic mass is 35.5. The Morgan fingerprint density at radius 3 is 2.67 bits per heavy atom. The Labute approximate surface area is 135 Å². The van der Waals surface area contributed by atoms with E-state index in [0.717, 1.165) is 5.56 Å². The first-order chi connectivity index (χ1) is 9.88. The zero-order chi connectivity index (χ0) is 16.0. The van der Waals surface area contributed by atoms with Crippen LogP contribution >= 0.6 is 23.4 Å². The van der Waals surface area contributed by atoms with Gasteiger partial charge in [0.2, 0.25) is 0 Å². The van der Waals surface area contributed by atoms with Crippen LogP contribution in [0, 0.1) is 6.92 Å². The van der Waals surface area contributed by atoms with Crippen LogP contribution in [-0.2, 0) is 4.79 Å². The Kier molecular flexibility index (Phi) is 7.35. The monoisotopic (exact) mass is 331 g/mol. The van der Waals surface area contributed by atoms with Crippen molar-refractivity contribution in [1.82, 2.24) is 5.32 Å². The molecule has 118 valence electrons. The van der Waals surface area contributed by atoms with Gasteiger partial charge in [0.05, 0.1) is 6.61 Å². The highest BCUT2D eigenvalue weighted by Crippen LogP contribution is 2.23. The molecule has 0 saturated heterocycles. The van der Waals surface area contributed by atoms with Crippen LogP contribution in [0.4, 0.5) is 0 Å². The van der Waals surface area contributed by atoms with Gasteiger partial charge in [0.15, 0.2) is 6.10 Å². The molecule has 6 heteroatoms. The maximum atomic E-state index is 12.1. The number of amides is 1. The second-order valence-electron chi connectivity index (χ2n) is 4.92. The number of aliphatic hydroxyl groups excluding tert-OH is 1. The summed E-state index contributed by atoms with van der Waals surface area (Å²) in [6.45, 7) is 5.47. The van der Waals surface area contributed by atoms with E-state index in [1.165, 1.54) is 11.8 Å². The van der Waals surface area contributed by atoms with Crippen molar-refractivity contribution >= 4 is 29.3 Å². The zero-order valence-corrected chi connectivity index (χ0v) is 14.3. The van der Waals surface area contributed by atoms with Crippen LogP contribution in [0.1, 0.15) is 19.4 Å². The summed E-state index contributed by atoms with van der Waals surface area (Å²) in [5.41, 5.74) is 0.882. The SMILES string of the molecule is CSC(CO)C(C)NC(=O)C(C)Oc1ccc(Cl)cc1C. The number of hydrogen-bond acceptors (Lipinski definition) is 4. The number of rotatable bonds is 7. The average Bonchev–Trinajstić information content (AvgIpc) is 2.43. The van der Waals surface area contributed by atoms with Gasteiger partial charge >= 0.3 is 0 Å². The molecule has 0 aliphatic heterocycles. The first kappa shape index (κ1) is 18.1. The van der Waals surface area contributed by atoms with Crippen molar-refractivity contribution < 1.29 is 14.6 Å². The van der Waals surface area contributed by atoms with Crippen molar-refractivity contribution in [3.8, 4) is 5.75 Å². The summed E-state index contributed by atoms with van der Waals surface area (Å²) >= 11 is 7.41. The zero-order valence-electron chi connectivity index (χ0n) is 12.7. The van der Waals surface area contributed by atoms with E-state index in [0.29, 0.717) is 10.8 Å². The third-order valence-corrected chi connectivity index (χ3v) is 4.62. The first-order valence-corrected chi connectivity index (χ1v) is 8.42. The van der Waals surface area contributed by atoms with Crippen molar-refractivity contribution in [2.24, 2.45) is 0 Å². The molecule has 1 rings (SSSR count). The number of carbonyl (C=O) groups excluding carboxylic acids is 1. The van der Waals surface area contributed by atoms with Gasteiger partial charge in [-0.3, -0.25) is 4.79 Å². The highest BCUT2D eigenvalue weighted by molar-refractivity contribution is 7.99. The lowest BCUT2D eigenvalue weighted by molar-refractivity contribution is -0.127. The lowest BCUT2D eigenvalue weighted by atomic mass is 10.2. The fraction of sp³-hybridized carbons (Fsp3) is 0.533. The summed E-state index contributed by atoms with van der Waals surface area (Å²) in [4.78, 5) is 12.1. The summed E-state index contributed by atoms with van der Waals surface area (Å²) in [5, 5.41) is 12.7. The molecule has 21 heavy (non-hydrogen) atoms.